The van der Waals surface area contributed by atoms with Crippen LogP contribution in [0.5, 0.6) is 0 Å². The van der Waals surface area contributed by atoms with E-state index in [1.807, 2.05) is 31.2 Å². The molecule has 0 unspecified atom stereocenters. The lowest BCUT2D eigenvalue weighted by molar-refractivity contribution is 0.522. The number of hydrogen-bond acceptors (Lipinski definition) is 3. The zero-order chi connectivity index (χ0) is 11.5. The Balaban J connectivity index is 1.68. The van der Waals surface area contributed by atoms with E-state index >= 15 is 0 Å². The first-order chi connectivity index (χ1) is 8.43. The van der Waals surface area contributed by atoms with Gasteiger partial charge < -0.3 is 14.5 Å². The van der Waals surface area contributed by atoms with Crippen LogP contribution in [0.3, 0.4) is 0 Å². The van der Waals surface area contributed by atoms with Gasteiger partial charge in [0.05, 0.1) is 18.3 Å². The Hall–Kier alpha value is -1.62. The van der Waals surface area contributed by atoms with Crippen LogP contribution in [0.1, 0.15) is 24.6 Å². The summed E-state index contributed by atoms with van der Waals surface area (Å²) in [5.41, 5.74) is 1.31. The normalized spacial score (nSPS) is 19.9. The first kappa shape index (κ1) is 10.5. The third-order valence-electron chi connectivity index (χ3n) is 3.32. The van der Waals surface area contributed by atoms with E-state index in [9.17, 15) is 0 Å². The second-order valence-electron chi connectivity index (χ2n) is 4.46. The Morgan fingerprint density at radius 2 is 2.29 bits per heavy atom. The topological polar surface area (TPSA) is 47.7 Å². The van der Waals surface area contributed by atoms with Gasteiger partial charge in [-0.3, -0.25) is 0 Å². The molecule has 5 nitrogen and oxygen atoms in total. The van der Waals surface area contributed by atoms with E-state index in [4.69, 9.17) is 0 Å². The second-order valence-corrected chi connectivity index (χ2v) is 4.46. The van der Waals surface area contributed by atoms with Crippen molar-refractivity contribution in [3.8, 4) is 0 Å². The van der Waals surface area contributed by atoms with Crippen LogP contribution < -0.4 is 5.32 Å². The molecule has 0 aliphatic carbocycles. The molecule has 3 heterocycles. The van der Waals surface area contributed by atoms with E-state index in [1.165, 1.54) is 18.5 Å². The van der Waals surface area contributed by atoms with E-state index in [1.54, 1.807) is 0 Å². The molecule has 90 valence electrons. The molecule has 0 saturated carbocycles. The summed E-state index contributed by atoms with van der Waals surface area (Å²) in [5.74, 6) is 0. The van der Waals surface area contributed by atoms with Gasteiger partial charge >= 0.3 is 0 Å². The highest BCUT2D eigenvalue weighted by atomic mass is 15.1. The van der Waals surface area contributed by atoms with E-state index in [-0.39, 0.29) is 0 Å². The standard InChI is InChI=1S/C12H17N5/c1-2-11(15-3-1)12-8-14-10-17(12)7-6-16-5-4-13-9-16/h4-5,8-11,15H,1-3,6-7H2/t11-/m0/s1. The molecular formula is C12H17N5. The van der Waals surface area contributed by atoms with Crippen molar-refractivity contribution in [1.82, 2.24) is 24.4 Å². The molecule has 0 spiro atoms. The van der Waals surface area contributed by atoms with Crippen molar-refractivity contribution < 1.29 is 0 Å². The van der Waals surface area contributed by atoms with E-state index in [0.717, 1.165) is 19.6 Å². The number of imidazole rings is 2. The van der Waals surface area contributed by atoms with Gasteiger partial charge in [-0.05, 0) is 19.4 Å². The number of nitrogens with one attached hydrogen (secondary N) is 1. The van der Waals surface area contributed by atoms with E-state index in [0.29, 0.717) is 6.04 Å². The quantitative estimate of drug-likeness (QED) is 0.860. The average molecular weight is 231 g/mol. The maximum absolute atomic E-state index is 4.26. The summed E-state index contributed by atoms with van der Waals surface area (Å²) in [7, 11) is 0. The predicted octanol–water partition coefficient (Wildman–Crippen LogP) is 1.20. The maximum Gasteiger partial charge on any atom is 0.0949 e. The molecule has 1 fully saturated rings. The van der Waals surface area contributed by atoms with Gasteiger partial charge in [-0.15, -0.1) is 0 Å². The van der Waals surface area contributed by atoms with Gasteiger partial charge in [-0.25, -0.2) is 9.97 Å². The van der Waals surface area contributed by atoms with Gasteiger partial charge in [0.15, 0.2) is 0 Å². The summed E-state index contributed by atoms with van der Waals surface area (Å²) in [4.78, 5) is 8.31. The van der Waals surface area contributed by atoms with Crippen molar-refractivity contribution in [2.24, 2.45) is 0 Å². The Bertz CT molecular complexity index is 453. The molecule has 0 amide bonds. The van der Waals surface area contributed by atoms with E-state index < -0.39 is 0 Å². The molecule has 17 heavy (non-hydrogen) atoms. The molecule has 1 atom stereocenters. The average Bonchev–Trinajstić information content (AvgIpc) is 3.09. The fourth-order valence-corrected chi connectivity index (χ4v) is 2.39. The predicted molar refractivity (Wildman–Crippen MR) is 64.4 cm³/mol. The van der Waals surface area contributed by atoms with Crippen LogP contribution in [0.25, 0.3) is 0 Å². The maximum atomic E-state index is 4.26. The number of nitrogens with zero attached hydrogens (tertiary/aromatic N) is 4. The second kappa shape index (κ2) is 4.71. The monoisotopic (exact) mass is 231 g/mol. The fraction of sp³-hybridized carbons (Fsp3) is 0.500. The van der Waals surface area contributed by atoms with Crippen LogP contribution in [0, 0.1) is 0 Å². The summed E-state index contributed by atoms with van der Waals surface area (Å²) >= 11 is 0. The zero-order valence-corrected chi connectivity index (χ0v) is 9.79. The van der Waals surface area contributed by atoms with Crippen LogP contribution >= 0.6 is 0 Å². The van der Waals surface area contributed by atoms with E-state index in [2.05, 4.69) is 24.4 Å². The van der Waals surface area contributed by atoms with Gasteiger partial charge in [0.1, 0.15) is 0 Å². The summed E-state index contributed by atoms with van der Waals surface area (Å²) < 4.78 is 4.33. The molecule has 2 aromatic rings. The third-order valence-corrected chi connectivity index (χ3v) is 3.32. The van der Waals surface area contributed by atoms with Crippen molar-refractivity contribution in [2.45, 2.75) is 32.0 Å². The summed E-state index contributed by atoms with van der Waals surface area (Å²) in [6, 6.07) is 0.486. The Morgan fingerprint density at radius 1 is 1.29 bits per heavy atom. The number of hydrogen-bond donors (Lipinski definition) is 1. The van der Waals surface area contributed by atoms with Gasteiger partial charge in [-0.2, -0.15) is 0 Å². The first-order valence-electron chi connectivity index (χ1n) is 6.12. The molecule has 0 aromatic carbocycles. The highest BCUT2D eigenvalue weighted by molar-refractivity contribution is 5.07. The Kier molecular flexibility index (Phi) is 2.92. The van der Waals surface area contributed by atoms with Crippen molar-refractivity contribution in [3.63, 3.8) is 0 Å². The van der Waals surface area contributed by atoms with Gasteiger partial charge in [0, 0.05) is 37.7 Å². The molecular weight excluding hydrogens is 214 g/mol. The minimum atomic E-state index is 0.486. The third kappa shape index (κ3) is 2.24. The molecule has 0 radical (unpaired) electrons. The van der Waals surface area contributed by atoms with Crippen LogP contribution in [0.2, 0.25) is 0 Å². The fourth-order valence-electron chi connectivity index (χ4n) is 2.39. The van der Waals surface area contributed by atoms with Crippen LogP contribution in [-0.2, 0) is 13.1 Å². The van der Waals surface area contributed by atoms with Crippen molar-refractivity contribution in [2.75, 3.05) is 6.54 Å². The van der Waals surface area contributed by atoms with Crippen LogP contribution in [0.15, 0.2) is 31.2 Å². The zero-order valence-electron chi connectivity index (χ0n) is 9.79. The summed E-state index contributed by atoms with van der Waals surface area (Å²) in [6.45, 7) is 3.01. The van der Waals surface area contributed by atoms with Gasteiger partial charge in [0.25, 0.3) is 0 Å². The number of aryl methyl sites for hydroxylation is 2. The first-order valence-corrected chi connectivity index (χ1v) is 6.12. The number of aromatic nitrogens is 4. The highest BCUT2D eigenvalue weighted by Crippen LogP contribution is 2.22. The Morgan fingerprint density at radius 3 is 3.06 bits per heavy atom. The van der Waals surface area contributed by atoms with Crippen molar-refractivity contribution >= 4 is 0 Å². The molecule has 2 aromatic heterocycles. The SMILES string of the molecule is c1cn(CCn2cncc2[C@@H]2CCCN2)cn1. The lowest BCUT2D eigenvalue weighted by atomic mass is 10.2. The largest absolute Gasteiger partial charge is 0.336 e. The molecule has 1 N–H and O–H groups in total. The van der Waals surface area contributed by atoms with Crippen LogP contribution in [-0.4, -0.2) is 25.6 Å². The molecule has 1 saturated heterocycles. The summed E-state index contributed by atoms with van der Waals surface area (Å²) in [5, 5.41) is 3.51. The summed E-state index contributed by atoms with van der Waals surface area (Å²) in [6.07, 6.45) is 12.0. The smallest absolute Gasteiger partial charge is 0.0949 e. The molecule has 5 heteroatoms. The molecule has 1 aliphatic rings. The Labute approximate surface area is 100 Å². The van der Waals surface area contributed by atoms with Crippen molar-refractivity contribution in [3.05, 3.63) is 36.9 Å². The minimum Gasteiger partial charge on any atom is -0.336 e. The lowest BCUT2D eigenvalue weighted by Gasteiger charge is -2.14. The van der Waals surface area contributed by atoms with Crippen molar-refractivity contribution in [1.29, 1.82) is 0 Å². The lowest BCUT2D eigenvalue weighted by Crippen LogP contribution is -2.18. The van der Waals surface area contributed by atoms with Crippen LogP contribution in [0.4, 0.5) is 0 Å². The molecule has 0 bridgehead atoms. The molecule has 3 rings (SSSR count). The number of rotatable bonds is 4. The highest BCUT2D eigenvalue weighted by Gasteiger charge is 2.19. The molecule has 1 aliphatic heterocycles. The minimum absolute atomic E-state index is 0.486. The van der Waals surface area contributed by atoms with Gasteiger partial charge in [0.2, 0.25) is 0 Å². The van der Waals surface area contributed by atoms with Gasteiger partial charge in [-0.1, -0.05) is 0 Å².